The second kappa shape index (κ2) is 3.41. The largest absolute Gasteiger partial charge is 0.228 e. The highest BCUT2D eigenvalue weighted by atomic mass is 35.5. The van der Waals surface area contributed by atoms with Crippen molar-refractivity contribution in [1.82, 2.24) is 0 Å². The molecule has 54 valence electrons. The van der Waals surface area contributed by atoms with Gasteiger partial charge in [0.05, 0.1) is 5.75 Å². The number of nitrogens with two attached hydrogens (primary N) is 1. The van der Waals surface area contributed by atoms with Gasteiger partial charge in [0, 0.05) is 0 Å². The molecule has 0 aliphatic heterocycles. The molecule has 0 saturated carbocycles. The Morgan fingerprint density at radius 2 is 2.00 bits per heavy atom. The van der Waals surface area contributed by atoms with E-state index >= 15 is 0 Å². The lowest BCUT2D eigenvalue weighted by molar-refractivity contribution is 0.600. The zero-order valence-corrected chi connectivity index (χ0v) is 6.67. The van der Waals surface area contributed by atoms with Crippen molar-refractivity contribution in [3.8, 4) is 0 Å². The van der Waals surface area contributed by atoms with Crippen molar-refractivity contribution in [3.63, 3.8) is 0 Å². The van der Waals surface area contributed by atoms with Gasteiger partial charge in [-0.1, -0.05) is 23.2 Å². The maximum absolute atomic E-state index is 10.2. The molecule has 0 unspecified atom stereocenters. The van der Waals surface area contributed by atoms with Gasteiger partial charge in [-0.15, -0.1) is 0 Å². The molecular formula is C3H5Cl2NO2S. The summed E-state index contributed by atoms with van der Waals surface area (Å²) < 4.78 is 20.2. The molecule has 0 saturated heterocycles. The minimum Gasteiger partial charge on any atom is -0.228 e. The molecule has 6 heteroatoms. The quantitative estimate of drug-likeness (QED) is 0.692. The molecule has 0 atom stereocenters. The lowest BCUT2D eigenvalue weighted by atomic mass is 10.8. The molecule has 0 aromatic rings. The predicted molar refractivity (Wildman–Crippen MR) is 37.8 cm³/mol. The maximum atomic E-state index is 10.2. The lowest BCUT2D eigenvalue weighted by Gasteiger charge is -1.87. The highest BCUT2D eigenvalue weighted by molar-refractivity contribution is 7.89. The van der Waals surface area contributed by atoms with Crippen LogP contribution in [0.25, 0.3) is 0 Å². The van der Waals surface area contributed by atoms with Crippen LogP contribution in [0.4, 0.5) is 0 Å². The Balaban J connectivity index is 3.95. The zero-order chi connectivity index (χ0) is 7.49. The van der Waals surface area contributed by atoms with E-state index in [4.69, 9.17) is 23.2 Å². The van der Waals surface area contributed by atoms with Gasteiger partial charge >= 0.3 is 0 Å². The van der Waals surface area contributed by atoms with Crippen LogP contribution in [-0.2, 0) is 10.0 Å². The molecule has 0 radical (unpaired) electrons. The second-order valence-electron chi connectivity index (χ2n) is 1.32. The Labute approximate surface area is 63.5 Å². The number of hydrogen-bond acceptors (Lipinski definition) is 2. The SMILES string of the molecule is NS(=O)(=O)CC=C(Cl)Cl. The van der Waals surface area contributed by atoms with Gasteiger partial charge in [-0.25, -0.2) is 13.6 Å². The van der Waals surface area contributed by atoms with Crippen LogP contribution in [0.15, 0.2) is 10.6 Å². The fourth-order valence-electron chi connectivity index (χ4n) is 0.179. The molecule has 3 nitrogen and oxygen atoms in total. The van der Waals surface area contributed by atoms with Crippen molar-refractivity contribution in [2.24, 2.45) is 5.14 Å². The van der Waals surface area contributed by atoms with Crippen molar-refractivity contribution in [3.05, 3.63) is 10.6 Å². The van der Waals surface area contributed by atoms with Crippen molar-refractivity contribution in [2.75, 3.05) is 5.75 Å². The van der Waals surface area contributed by atoms with Crippen LogP contribution >= 0.6 is 23.2 Å². The summed E-state index contributed by atoms with van der Waals surface area (Å²) in [5.41, 5.74) is 0. The van der Waals surface area contributed by atoms with Crippen molar-refractivity contribution in [1.29, 1.82) is 0 Å². The van der Waals surface area contributed by atoms with E-state index in [1.54, 1.807) is 0 Å². The minimum atomic E-state index is -3.46. The van der Waals surface area contributed by atoms with Gasteiger partial charge in [0.2, 0.25) is 10.0 Å². The Kier molecular flexibility index (Phi) is 3.50. The van der Waals surface area contributed by atoms with E-state index in [9.17, 15) is 8.42 Å². The lowest BCUT2D eigenvalue weighted by Crippen LogP contribution is -2.14. The first-order valence-corrected chi connectivity index (χ1v) is 4.40. The third kappa shape index (κ3) is 8.23. The Morgan fingerprint density at radius 3 is 2.11 bits per heavy atom. The summed E-state index contributed by atoms with van der Waals surface area (Å²) in [4.78, 5) is 0. The average Bonchev–Trinajstić information content (AvgIpc) is 1.59. The van der Waals surface area contributed by atoms with E-state index < -0.39 is 10.0 Å². The first-order valence-electron chi connectivity index (χ1n) is 1.93. The highest BCUT2D eigenvalue weighted by Crippen LogP contribution is 2.05. The van der Waals surface area contributed by atoms with Gasteiger partial charge in [-0.2, -0.15) is 0 Å². The van der Waals surface area contributed by atoms with Crippen molar-refractivity contribution < 1.29 is 8.42 Å². The van der Waals surface area contributed by atoms with Crippen LogP contribution in [0.2, 0.25) is 0 Å². The Morgan fingerprint density at radius 1 is 1.56 bits per heavy atom. The van der Waals surface area contributed by atoms with Gasteiger partial charge in [-0.05, 0) is 6.08 Å². The van der Waals surface area contributed by atoms with Gasteiger partial charge in [0.15, 0.2) is 0 Å². The summed E-state index contributed by atoms with van der Waals surface area (Å²) >= 11 is 10.2. The number of hydrogen-bond donors (Lipinski definition) is 1. The number of primary sulfonamides is 1. The van der Waals surface area contributed by atoms with E-state index in [2.05, 4.69) is 5.14 Å². The van der Waals surface area contributed by atoms with Crippen molar-refractivity contribution in [2.45, 2.75) is 0 Å². The summed E-state index contributed by atoms with van der Waals surface area (Å²) in [6, 6.07) is 0. The fourth-order valence-corrected chi connectivity index (χ4v) is 0.915. The summed E-state index contributed by atoms with van der Waals surface area (Å²) in [7, 11) is -3.46. The van der Waals surface area contributed by atoms with Crippen molar-refractivity contribution >= 4 is 33.2 Å². The molecule has 0 aromatic heterocycles. The monoisotopic (exact) mass is 189 g/mol. The zero-order valence-electron chi connectivity index (χ0n) is 4.34. The summed E-state index contributed by atoms with van der Waals surface area (Å²) in [6.07, 6.45) is 1.11. The van der Waals surface area contributed by atoms with E-state index in [1.165, 1.54) is 0 Å². The van der Waals surface area contributed by atoms with E-state index in [0.717, 1.165) is 6.08 Å². The van der Waals surface area contributed by atoms with Gasteiger partial charge < -0.3 is 0 Å². The van der Waals surface area contributed by atoms with Gasteiger partial charge in [-0.3, -0.25) is 0 Å². The first kappa shape index (κ1) is 9.23. The molecule has 0 rings (SSSR count). The molecule has 0 heterocycles. The smallest absolute Gasteiger partial charge is 0.212 e. The standard InChI is InChI=1S/C3H5Cl2NO2S/c4-3(5)1-2-9(6,7)8/h1H,2H2,(H2,6,7,8). The Hall–Kier alpha value is 0.230. The van der Waals surface area contributed by atoms with Gasteiger partial charge in [0.1, 0.15) is 4.49 Å². The van der Waals surface area contributed by atoms with Crippen LogP contribution in [0.5, 0.6) is 0 Å². The molecule has 0 bridgehead atoms. The molecule has 0 fully saturated rings. The van der Waals surface area contributed by atoms with Crippen LogP contribution in [-0.4, -0.2) is 14.2 Å². The summed E-state index contributed by atoms with van der Waals surface area (Å²) in [5.74, 6) is -0.324. The molecule has 0 spiro atoms. The molecule has 0 aromatic carbocycles. The summed E-state index contributed by atoms with van der Waals surface area (Å²) in [5, 5.41) is 4.59. The number of sulfonamides is 1. The number of halogens is 2. The van der Waals surface area contributed by atoms with E-state index in [-0.39, 0.29) is 10.2 Å². The molecule has 0 aliphatic rings. The van der Waals surface area contributed by atoms with E-state index in [0.29, 0.717) is 0 Å². The summed E-state index contributed by atoms with van der Waals surface area (Å²) in [6.45, 7) is 0. The van der Waals surface area contributed by atoms with Gasteiger partial charge in [0.25, 0.3) is 0 Å². The Bertz CT molecular complexity index is 204. The molecule has 2 N–H and O–H groups in total. The predicted octanol–water partition coefficient (Wildman–Crippen LogP) is 0.594. The average molecular weight is 190 g/mol. The highest BCUT2D eigenvalue weighted by Gasteiger charge is 1.97. The number of rotatable bonds is 2. The third-order valence-electron chi connectivity index (χ3n) is 0.470. The molecule has 0 amide bonds. The van der Waals surface area contributed by atoms with Crippen LogP contribution < -0.4 is 5.14 Å². The first-order chi connectivity index (χ1) is 3.92. The second-order valence-corrected chi connectivity index (χ2v) is 3.99. The van der Waals surface area contributed by atoms with Crippen LogP contribution in [0, 0.1) is 0 Å². The molecular weight excluding hydrogens is 185 g/mol. The van der Waals surface area contributed by atoms with Crippen LogP contribution in [0.3, 0.4) is 0 Å². The van der Waals surface area contributed by atoms with E-state index in [1.807, 2.05) is 0 Å². The minimum absolute atomic E-state index is 0.0935. The third-order valence-corrected chi connectivity index (χ3v) is 1.41. The fraction of sp³-hybridized carbons (Fsp3) is 0.333. The normalized spacial score (nSPS) is 11.0. The molecule has 0 aliphatic carbocycles. The topological polar surface area (TPSA) is 60.2 Å². The molecule has 9 heavy (non-hydrogen) atoms. The maximum Gasteiger partial charge on any atom is 0.212 e. The van der Waals surface area contributed by atoms with Crippen LogP contribution in [0.1, 0.15) is 0 Å².